The lowest BCUT2D eigenvalue weighted by Gasteiger charge is -2.21. The molecule has 1 saturated carbocycles. The van der Waals surface area contributed by atoms with Crippen LogP contribution in [-0.2, 0) is 20.7 Å². The van der Waals surface area contributed by atoms with Crippen LogP contribution in [0.15, 0.2) is 66.7 Å². The van der Waals surface area contributed by atoms with Gasteiger partial charge in [-0.2, -0.15) is 0 Å². The van der Waals surface area contributed by atoms with E-state index in [9.17, 15) is 19.2 Å². The second-order valence-corrected chi connectivity index (χ2v) is 10.9. The van der Waals surface area contributed by atoms with Crippen LogP contribution in [0.3, 0.4) is 0 Å². The zero-order valence-electron chi connectivity index (χ0n) is 22.4. The fraction of sp³-hybridized carbons (Fsp3) is 0.333. The van der Waals surface area contributed by atoms with Gasteiger partial charge in [-0.3, -0.25) is 14.4 Å². The second-order valence-electron chi connectivity index (χ2n) is 10.9. The number of benzene rings is 3. The monoisotopic (exact) mass is 536 g/mol. The smallest absolute Gasteiger partial charge is 0.338 e. The molecule has 204 valence electrons. The van der Waals surface area contributed by atoms with Gasteiger partial charge in [0.1, 0.15) is 0 Å². The van der Waals surface area contributed by atoms with E-state index in [1.807, 2.05) is 24.3 Å². The summed E-state index contributed by atoms with van der Waals surface area (Å²) in [6.07, 6.45) is 7.68. The highest BCUT2D eigenvalue weighted by Gasteiger charge is 2.40. The molecule has 0 spiro atoms. The molecule has 1 N–H and O–H groups in total. The van der Waals surface area contributed by atoms with E-state index < -0.39 is 12.0 Å². The average molecular weight is 537 g/mol. The Morgan fingerprint density at radius 1 is 0.825 bits per heavy atom. The highest BCUT2D eigenvalue weighted by molar-refractivity contribution is 6.22. The van der Waals surface area contributed by atoms with E-state index in [0.717, 1.165) is 43.2 Å². The number of anilines is 1. The van der Waals surface area contributed by atoms with E-state index in [1.165, 1.54) is 41.0 Å². The number of carbonyl (C=O) groups is 4. The van der Waals surface area contributed by atoms with E-state index in [4.69, 9.17) is 4.74 Å². The van der Waals surface area contributed by atoms with Crippen LogP contribution < -0.4 is 10.2 Å². The molecule has 0 aromatic heterocycles. The Morgan fingerprint density at radius 3 is 2.30 bits per heavy atom. The first-order valence-corrected chi connectivity index (χ1v) is 14.1. The fourth-order valence-corrected chi connectivity index (χ4v) is 6.13. The van der Waals surface area contributed by atoms with Gasteiger partial charge in [-0.25, -0.2) is 9.69 Å². The van der Waals surface area contributed by atoms with Crippen LogP contribution in [0.1, 0.15) is 76.8 Å². The zero-order chi connectivity index (χ0) is 27.6. The normalized spacial score (nSPS) is 18.8. The van der Waals surface area contributed by atoms with Crippen LogP contribution in [-0.4, -0.2) is 42.3 Å². The van der Waals surface area contributed by atoms with E-state index in [1.54, 1.807) is 18.2 Å². The minimum Gasteiger partial charge on any atom is -0.454 e. The predicted molar refractivity (Wildman–Crippen MR) is 151 cm³/mol. The Labute approximate surface area is 233 Å². The molecule has 1 atom stereocenters. The third-order valence-electron chi connectivity index (χ3n) is 8.25. The standard InChI is InChI=1S/C33H32N2O5/c36-30(23-13-16-28-24(18-23)17-22-7-5-6-10-27(22)28)20-40-33(39)21-11-14-26(15-12-21)35-31(37)19-29(32(35)38)34-25-8-3-1-2-4-9-25/h5-7,10-16,18,25,29,34H,1-4,8-9,17,19-20H2. The first-order chi connectivity index (χ1) is 19.5. The number of rotatable bonds is 7. The Hall–Kier alpha value is -4.10. The van der Waals surface area contributed by atoms with Gasteiger partial charge >= 0.3 is 5.97 Å². The van der Waals surface area contributed by atoms with Gasteiger partial charge in [0.15, 0.2) is 12.4 Å². The number of carbonyl (C=O) groups excluding carboxylic acids is 4. The molecule has 3 aromatic carbocycles. The van der Waals surface area contributed by atoms with E-state index in [-0.39, 0.29) is 42.2 Å². The summed E-state index contributed by atoms with van der Waals surface area (Å²) in [4.78, 5) is 52.4. The number of amides is 2. The minimum absolute atomic E-state index is 0.135. The first-order valence-electron chi connectivity index (χ1n) is 14.1. The summed E-state index contributed by atoms with van der Waals surface area (Å²) in [5, 5.41) is 3.41. The molecule has 2 amide bonds. The molecule has 1 aliphatic heterocycles. The van der Waals surface area contributed by atoms with E-state index >= 15 is 0 Å². The van der Waals surface area contributed by atoms with E-state index in [2.05, 4.69) is 17.4 Å². The molecule has 1 heterocycles. The van der Waals surface area contributed by atoms with Gasteiger partial charge in [0.05, 0.1) is 23.7 Å². The van der Waals surface area contributed by atoms with Crippen molar-refractivity contribution in [2.45, 2.75) is 63.5 Å². The number of fused-ring (bicyclic) bond motifs is 3. The summed E-state index contributed by atoms with van der Waals surface area (Å²) < 4.78 is 5.30. The molecule has 3 aromatic rings. The van der Waals surface area contributed by atoms with Crippen molar-refractivity contribution >= 4 is 29.3 Å². The molecule has 6 rings (SSSR count). The van der Waals surface area contributed by atoms with Crippen LogP contribution in [0.5, 0.6) is 0 Å². The van der Waals surface area contributed by atoms with Crippen LogP contribution in [0, 0.1) is 0 Å². The lowest BCUT2D eigenvalue weighted by molar-refractivity contribution is -0.121. The number of nitrogens with one attached hydrogen (secondary N) is 1. The molecule has 2 fully saturated rings. The van der Waals surface area contributed by atoms with Gasteiger partial charge in [0.25, 0.3) is 5.91 Å². The first kappa shape index (κ1) is 26.1. The SMILES string of the molecule is O=C(COC(=O)c1ccc(N2C(=O)CC(NC3CCCCCC3)C2=O)cc1)c1ccc2c(c1)Cc1ccccc1-2. The van der Waals surface area contributed by atoms with Crippen molar-refractivity contribution < 1.29 is 23.9 Å². The van der Waals surface area contributed by atoms with Crippen molar-refractivity contribution in [1.29, 1.82) is 0 Å². The molecular formula is C33H32N2O5. The van der Waals surface area contributed by atoms with Gasteiger partial charge in [-0.1, -0.05) is 62.1 Å². The number of hydrogen-bond acceptors (Lipinski definition) is 6. The van der Waals surface area contributed by atoms with Gasteiger partial charge < -0.3 is 10.1 Å². The van der Waals surface area contributed by atoms with Crippen molar-refractivity contribution in [3.8, 4) is 11.1 Å². The Bertz CT molecular complexity index is 1470. The van der Waals surface area contributed by atoms with Crippen LogP contribution in [0.2, 0.25) is 0 Å². The van der Waals surface area contributed by atoms with Gasteiger partial charge in [-0.05, 0) is 71.8 Å². The maximum absolute atomic E-state index is 13.1. The predicted octanol–water partition coefficient (Wildman–Crippen LogP) is 5.24. The van der Waals surface area contributed by atoms with Crippen molar-refractivity contribution in [2.75, 3.05) is 11.5 Å². The summed E-state index contributed by atoms with van der Waals surface area (Å²) >= 11 is 0. The summed E-state index contributed by atoms with van der Waals surface area (Å²) in [7, 11) is 0. The van der Waals surface area contributed by atoms with Gasteiger partial charge in [0.2, 0.25) is 5.91 Å². The molecule has 0 bridgehead atoms. The van der Waals surface area contributed by atoms with Gasteiger partial charge in [-0.15, -0.1) is 0 Å². The number of ether oxygens (including phenoxy) is 1. The molecule has 0 radical (unpaired) electrons. The summed E-state index contributed by atoms with van der Waals surface area (Å²) in [5.41, 5.74) is 5.82. The van der Waals surface area contributed by atoms with Crippen molar-refractivity contribution in [1.82, 2.24) is 5.32 Å². The lowest BCUT2D eigenvalue weighted by atomic mass is 10.0. The number of Topliss-reactive ketones (excluding diaryl/α,β-unsaturated/α-hetero) is 1. The molecule has 1 unspecified atom stereocenters. The largest absolute Gasteiger partial charge is 0.454 e. The summed E-state index contributed by atoms with van der Waals surface area (Å²) in [5.74, 6) is -1.42. The van der Waals surface area contributed by atoms with Crippen molar-refractivity contribution in [3.63, 3.8) is 0 Å². The third-order valence-corrected chi connectivity index (χ3v) is 8.25. The molecule has 1 saturated heterocycles. The van der Waals surface area contributed by atoms with Crippen molar-refractivity contribution in [3.05, 3.63) is 89.0 Å². The lowest BCUT2D eigenvalue weighted by Crippen LogP contribution is -2.43. The highest BCUT2D eigenvalue weighted by Crippen LogP contribution is 2.36. The second kappa shape index (κ2) is 11.2. The fourth-order valence-electron chi connectivity index (χ4n) is 6.13. The van der Waals surface area contributed by atoms with Crippen molar-refractivity contribution in [2.24, 2.45) is 0 Å². The molecule has 7 heteroatoms. The number of esters is 1. The Kier molecular flexibility index (Phi) is 7.30. The molecular weight excluding hydrogens is 504 g/mol. The zero-order valence-corrected chi connectivity index (χ0v) is 22.4. The highest BCUT2D eigenvalue weighted by atomic mass is 16.5. The molecule has 3 aliphatic rings. The van der Waals surface area contributed by atoms with Gasteiger partial charge in [0, 0.05) is 11.6 Å². The maximum atomic E-state index is 13.1. The Morgan fingerprint density at radius 2 is 1.52 bits per heavy atom. The topological polar surface area (TPSA) is 92.8 Å². The molecule has 40 heavy (non-hydrogen) atoms. The maximum Gasteiger partial charge on any atom is 0.338 e. The number of imide groups is 1. The summed E-state index contributed by atoms with van der Waals surface area (Å²) in [6, 6.07) is 19.7. The molecule has 2 aliphatic carbocycles. The van der Waals surface area contributed by atoms with Crippen LogP contribution in [0.4, 0.5) is 5.69 Å². The molecule has 7 nitrogen and oxygen atoms in total. The summed E-state index contributed by atoms with van der Waals surface area (Å²) in [6.45, 7) is -0.371. The minimum atomic E-state index is -0.638. The number of hydrogen-bond donors (Lipinski definition) is 1. The number of ketones is 1. The van der Waals surface area contributed by atoms with Crippen LogP contribution in [0.25, 0.3) is 11.1 Å². The number of nitrogens with zero attached hydrogens (tertiary/aromatic N) is 1. The average Bonchev–Trinajstić information content (AvgIpc) is 3.34. The van der Waals surface area contributed by atoms with E-state index in [0.29, 0.717) is 11.3 Å². The Balaban J connectivity index is 1.05. The van der Waals surface area contributed by atoms with Crippen LogP contribution >= 0.6 is 0 Å². The third kappa shape index (κ3) is 5.21. The quantitative estimate of drug-likeness (QED) is 0.150.